The average molecular weight is 373 g/mol. The maximum absolute atomic E-state index is 13.0. The molecular formula is C22H16FN3O2. The van der Waals surface area contributed by atoms with Crippen molar-refractivity contribution in [2.75, 3.05) is 5.32 Å². The van der Waals surface area contributed by atoms with E-state index in [4.69, 9.17) is 4.74 Å². The number of benzene rings is 2. The van der Waals surface area contributed by atoms with E-state index in [0.29, 0.717) is 22.9 Å². The summed E-state index contributed by atoms with van der Waals surface area (Å²) in [6, 6.07) is 18.3. The second-order valence-corrected chi connectivity index (χ2v) is 6.22. The van der Waals surface area contributed by atoms with Gasteiger partial charge in [-0.1, -0.05) is 18.2 Å². The van der Waals surface area contributed by atoms with E-state index in [-0.39, 0.29) is 11.7 Å². The minimum Gasteiger partial charge on any atom is -0.456 e. The molecule has 1 amide bonds. The van der Waals surface area contributed by atoms with Gasteiger partial charge in [-0.25, -0.2) is 9.37 Å². The van der Waals surface area contributed by atoms with Gasteiger partial charge in [0.25, 0.3) is 5.91 Å². The Bertz CT molecular complexity index is 1140. The highest BCUT2D eigenvalue weighted by atomic mass is 19.1. The second kappa shape index (κ2) is 7.44. The molecule has 4 rings (SSSR count). The first-order valence-electron chi connectivity index (χ1n) is 8.66. The molecule has 0 saturated carbocycles. The first-order chi connectivity index (χ1) is 13.6. The molecule has 0 radical (unpaired) electrons. The number of pyridine rings is 2. The van der Waals surface area contributed by atoms with E-state index in [2.05, 4.69) is 15.3 Å². The van der Waals surface area contributed by atoms with Crippen LogP contribution in [-0.4, -0.2) is 15.9 Å². The van der Waals surface area contributed by atoms with Crippen LogP contribution in [0, 0.1) is 12.7 Å². The molecule has 28 heavy (non-hydrogen) atoms. The molecule has 0 aliphatic carbocycles. The third-order valence-electron chi connectivity index (χ3n) is 4.12. The van der Waals surface area contributed by atoms with Gasteiger partial charge >= 0.3 is 0 Å². The number of aromatic nitrogens is 2. The van der Waals surface area contributed by atoms with Gasteiger partial charge in [-0.2, -0.15) is 0 Å². The van der Waals surface area contributed by atoms with Crippen molar-refractivity contribution in [3.8, 4) is 11.5 Å². The molecule has 138 valence electrons. The summed E-state index contributed by atoms with van der Waals surface area (Å²) in [5.74, 6) is 0.785. The molecule has 0 aliphatic rings. The molecule has 0 spiro atoms. The van der Waals surface area contributed by atoms with Gasteiger partial charge in [0, 0.05) is 11.1 Å². The maximum atomic E-state index is 13.0. The molecular weight excluding hydrogens is 357 g/mol. The number of amides is 1. The molecule has 2 heterocycles. The number of hydrogen-bond acceptors (Lipinski definition) is 4. The van der Waals surface area contributed by atoms with Crippen LogP contribution in [-0.2, 0) is 0 Å². The standard InChI is InChI=1S/C22H16FN3O2/c1-14-12-19(18-4-2-3-5-20(18)25-14)22(27)26-21-11-10-17(13-24-21)28-16-8-6-15(23)7-9-16/h2-13H,1H3,(H,24,26,27). The van der Waals surface area contributed by atoms with Gasteiger partial charge in [-0.05, 0) is 55.5 Å². The fourth-order valence-corrected chi connectivity index (χ4v) is 2.83. The number of para-hydroxylation sites is 1. The number of nitrogens with zero attached hydrogens (tertiary/aromatic N) is 2. The number of halogens is 1. The molecule has 0 aliphatic heterocycles. The number of anilines is 1. The normalized spacial score (nSPS) is 10.6. The molecule has 0 atom stereocenters. The van der Waals surface area contributed by atoms with Gasteiger partial charge < -0.3 is 10.1 Å². The Hall–Kier alpha value is -3.80. The third-order valence-corrected chi connectivity index (χ3v) is 4.12. The molecule has 0 unspecified atom stereocenters. The van der Waals surface area contributed by atoms with Gasteiger partial charge in [-0.3, -0.25) is 9.78 Å². The summed E-state index contributed by atoms with van der Waals surface area (Å²) in [6.07, 6.45) is 1.49. The summed E-state index contributed by atoms with van der Waals surface area (Å²) >= 11 is 0. The Kier molecular flexibility index (Phi) is 4.68. The van der Waals surface area contributed by atoms with E-state index >= 15 is 0 Å². The van der Waals surface area contributed by atoms with Crippen LogP contribution in [0.15, 0.2) is 72.9 Å². The third kappa shape index (κ3) is 3.81. The average Bonchev–Trinajstić information content (AvgIpc) is 2.70. The van der Waals surface area contributed by atoms with Crippen molar-refractivity contribution in [1.29, 1.82) is 0 Å². The number of rotatable bonds is 4. The first-order valence-corrected chi connectivity index (χ1v) is 8.66. The van der Waals surface area contributed by atoms with Gasteiger partial charge in [0.05, 0.1) is 17.3 Å². The zero-order chi connectivity index (χ0) is 19.5. The number of carbonyl (C=O) groups excluding carboxylic acids is 1. The maximum Gasteiger partial charge on any atom is 0.257 e. The molecule has 4 aromatic rings. The van der Waals surface area contributed by atoms with E-state index < -0.39 is 0 Å². The summed E-state index contributed by atoms with van der Waals surface area (Å²) in [7, 11) is 0. The lowest BCUT2D eigenvalue weighted by Crippen LogP contribution is -2.14. The zero-order valence-corrected chi connectivity index (χ0v) is 15.0. The molecule has 0 fully saturated rings. The van der Waals surface area contributed by atoms with E-state index in [1.807, 2.05) is 31.2 Å². The topological polar surface area (TPSA) is 64.1 Å². The monoisotopic (exact) mass is 373 g/mol. The Morgan fingerprint density at radius 2 is 1.75 bits per heavy atom. The lowest BCUT2D eigenvalue weighted by Gasteiger charge is -2.09. The summed E-state index contributed by atoms with van der Waals surface area (Å²) in [6.45, 7) is 1.85. The van der Waals surface area contributed by atoms with Crippen LogP contribution in [0.4, 0.5) is 10.2 Å². The molecule has 1 N–H and O–H groups in total. The number of aryl methyl sites for hydroxylation is 1. The lowest BCUT2D eigenvalue weighted by molar-refractivity contribution is 0.102. The Labute approximate surface area is 160 Å². The molecule has 2 aromatic heterocycles. The van der Waals surface area contributed by atoms with Crippen LogP contribution in [0.1, 0.15) is 16.1 Å². The highest BCUT2D eigenvalue weighted by Crippen LogP contribution is 2.23. The van der Waals surface area contributed by atoms with Crippen LogP contribution in [0.3, 0.4) is 0 Å². The quantitative estimate of drug-likeness (QED) is 0.539. The minimum atomic E-state index is -0.331. The number of nitrogens with one attached hydrogen (secondary N) is 1. The zero-order valence-electron chi connectivity index (χ0n) is 15.0. The highest BCUT2D eigenvalue weighted by Gasteiger charge is 2.12. The van der Waals surface area contributed by atoms with Crippen LogP contribution >= 0.6 is 0 Å². The van der Waals surface area contributed by atoms with E-state index in [1.54, 1.807) is 18.2 Å². The fraction of sp³-hybridized carbons (Fsp3) is 0.0455. The van der Waals surface area contributed by atoms with Crippen molar-refractivity contribution in [3.63, 3.8) is 0 Å². The first kappa shape index (κ1) is 17.6. The smallest absolute Gasteiger partial charge is 0.257 e. The summed E-state index contributed by atoms with van der Waals surface area (Å²) in [4.78, 5) is 21.4. The van der Waals surface area contributed by atoms with E-state index in [0.717, 1.165) is 16.6 Å². The number of hydrogen-bond donors (Lipinski definition) is 1. The second-order valence-electron chi connectivity index (χ2n) is 6.22. The van der Waals surface area contributed by atoms with E-state index in [9.17, 15) is 9.18 Å². The summed E-state index contributed by atoms with van der Waals surface area (Å²) in [5, 5.41) is 3.57. The van der Waals surface area contributed by atoms with Crippen LogP contribution < -0.4 is 10.1 Å². The van der Waals surface area contributed by atoms with Crippen LogP contribution in [0.25, 0.3) is 10.9 Å². The summed E-state index contributed by atoms with van der Waals surface area (Å²) in [5.41, 5.74) is 2.07. The van der Waals surface area contributed by atoms with Gasteiger partial charge in [0.1, 0.15) is 23.1 Å². The predicted molar refractivity (Wildman–Crippen MR) is 105 cm³/mol. The van der Waals surface area contributed by atoms with Crippen molar-refractivity contribution in [2.24, 2.45) is 0 Å². The van der Waals surface area contributed by atoms with Crippen molar-refractivity contribution in [3.05, 3.63) is 90.0 Å². The largest absolute Gasteiger partial charge is 0.456 e. The molecule has 0 bridgehead atoms. The van der Waals surface area contributed by atoms with Crippen LogP contribution in [0.5, 0.6) is 11.5 Å². The van der Waals surface area contributed by atoms with Crippen LogP contribution in [0.2, 0.25) is 0 Å². The van der Waals surface area contributed by atoms with E-state index in [1.165, 1.54) is 30.5 Å². The highest BCUT2D eigenvalue weighted by molar-refractivity contribution is 6.12. The Morgan fingerprint density at radius 3 is 2.50 bits per heavy atom. The van der Waals surface area contributed by atoms with Gasteiger partial charge in [-0.15, -0.1) is 0 Å². The molecule has 6 heteroatoms. The van der Waals surface area contributed by atoms with Crippen molar-refractivity contribution in [1.82, 2.24) is 9.97 Å². The SMILES string of the molecule is Cc1cc(C(=O)Nc2ccc(Oc3ccc(F)cc3)cn2)c2ccccc2n1. The number of ether oxygens (including phenoxy) is 1. The van der Waals surface area contributed by atoms with Gasteiger partial charge in [0.15, 0.2) is 0 Å². The Balaban J connectivity index is 1.52. The number of fused-ring (bicyclic) bond motifs is 1. The summed E-state index contributed by atoms with van der Waals surface area (Å²) < 4.78 is 18.6. The van der Waals surface area contributed by atoms with Crippen molar-refractivity contribution >= 4 is 22.6 Å². The number of carbonyl (C=O) groups is 1. The fourth-order valence-electron chi connectivity index (χ4n) is 2.83. The van der Waals surface area contributed by atoms with Crippen molar-refractivity contribution in [2.45, 2.75) is 6.92 Å². The lowest BCUT2D eigenvalue weighted by atomic mass is 10.1. The van der Waals surface area contributed by atoms with Crippen molar-refractivity contribution < 1.29 is 13.9 Å². The molecule has 0 saturated heterocycles. The molecule has 2 aromatic carbocycles. The predicted octanol–water partition coefficient (Wildman–Crippen LogP) is 5.12. The Morgan fingerprint density at radius 1 is 1.00 bits per heavy atom. The molecule has 5 nitrogen and oxygen atoms in total. The van der Waals surface area contributed by atoms with Gasteiger partial charge in [0.2, 0.25) is 0 Å². The minimum absolute atomic E-state index is 0.263.